The van der Waals surface area contributed by atoms with Crippen LogP contribution >= 0.6 is 0 Å². The summed E-state index contributed by atoms with van der Waals surface area (Å²) >= 11 is 0. The van der Waals surface area contributed by atoms with E-state index in [1.165, 1.54) is 24.4 Å². The first-order valence-corrected chi connectivity index (χ1v) is 5.69. The molecule has 1 aromatic carbocycles. The fourth-order valence-corrected chi connectivity index (χ4v) is 1.77. The van der Waals surface area contributed by atoms with Crippen molar-refractivity contribution in [2.24, 2.45) is 0 Å². The van der Waals surface area contributed by atoms with E-state index in [0.29, 0.717) is 0 Å². The topological polar surface area (TPSA) is 24.9 Å². The zero-order chi connectivity index (χ0) is 13.1. The van der Waals surface area contributed by atoms with E-state index in [-0.39, 0.29) is 17.7 Å². The van der Waals surface area contributed by atoms with Gasteiger partial charge in [0.2, 0.25) is 0 Å². The molecule has 0 aliphatic rings. The standard InChI is InChI=1S/C14H14F2N2/c1-9-5-12(15)3-4-14(9)18-10(2)11-6-13(16)8-17-7-11/h3-8,10,18H,1-2H3. The monoisotopic (exact) mass is 248 g/mol. The van der Waals surface area contributed by atoms with E-state index in [1.54, 1.807) is 12.3 Å². The van der Waals surface area contributed by atoms with Crippen LogP contribution in [0.4, 0.5) is 14.5 Å². The number of pyridine rings is 1. The maximum Gasteiger partial charge on any atom is 0.141 e. The molecule has 0 amide bonds. The highest BCUT2D eigenvalue weighted by atomic mass is 19.1. The van der Waals surface area contributed by atoms with Crippen molar-refractivity contribution in [1.29, 1.82) is 0 Å². The summed E-state index contributed by atoms with van der Waals surface area (Å²) in [6, 6.07) is 5.86. The molecule has 94 valence electrons. The first kappa shape index (κ1) is 12.5. The highest BCUT2D eigenvalue weighted by Crippen LogP contribution is 2.22. The van der Waals surface area contributed by atoms with Crippen molar-refractivity contribution < 1.29 is 8.78 Å². The average Bonchev–Trinajstić information content (AvgIpc) is 2.32. The van der Waals surface area contributed by atoms with Crippen molar-refractivity contribution in [2.75, 3.05) is 5.32 Å². The SMILES string of the molecule is Cc1cc(F)ccc1NC(C)c1cncc(F)c1. The Bertz CT molecular complexity index is 555. The van der Waals surface area contributed by atoms with Crippen LogP contribution in [0.15, 0.2) is 36.7 Å². The van der Waals surface area contributed by atoms with Crippen LogP contribution in [0.3, 0.4) is 0 Å². The summed E-state index contributed by atoms with van der Waals surface area (Å²) in [5.74, 6) is -0.630. The second kappa shape index (κ2) is 5.12. The van der Waals surface area contributed by atoms with Gasteiger partial charge in [0.15, 0.2) is 0 Å². The highest BCUT2D eigenvalue weighted by Gasteiger charge is 2.08. The van der Waals surface area contributed by atoms with Crippen molar-refractivity contribution >= 4 is 5.69 Å². The number of hydrogen-bond acceptors (Lipinski definition) is 2. The molecule has 1 heterocycles. The van der Waals surface area contributed by atoms with Gasteiger partial charge in [-0.1, -0.05) is 0 Å². The molecule has 1 unspecified atom stereocenters. The maximum atomic E-state index is 13.1. The second-order valence-electron chi connectivity index (χ2n) is 4.26. The first-order chi connectivity index (χ1) is 8.56. The van der Waals surface area contributed by atoms with E-state index < -0.39 is 0 Å². The molecule has 1 N–H and O–H groups in total. The number of hydrogen-bond donors (Lipinski definition) is 1. The summed E-state index contributed by atoms with van der Waals surface area (Å²) in [6.45, 7) is 3.72. The molecule has 0 saturated heterocycles. The Kier molecular flexibility index (Phi) is 3.55. The zero-order valence-electron chi connectivity index (χ0n) is 10.2. The lowest BCUT2D eigenvalue weighted by Gasteiger charge is -2.17. The molecule has 0 saturated carbocycles. The predicted octanol–water partition coefficient (Wildman–Crippen LogP) is 3.84. The molecule has 0 radical (unpaired) electrons. The van der Waals surface area contributed by atoms with Crippen LogP contribution in [0.2, 0.25) is 0 Å². The third kappa shape index (κ3) is 2.83. The van der Waals surface area contributed by atoms with E-state index in [1.807, 2.05) is 13.8 Å². The van der Waals surface area contributed by atoms with Gasteiger partial charge in [-0.2, -0.15) is 0 Å². The van der Waals surface area contributed by atoms with Crippen molar-refractivity contribution in [1.82, 2.24) is 4.98 Å². The smallest absolute Gasteiger partial charge is 0.141 e. The Hall–Kier alpha value is -1.97. The molecule has 1 atom stereocenters. The molecule has 2 rings (SSSR count). The molecule has 0 bridgehead atoms. The molecule has 0 fully saturated rings. The summed E-state index contributed by atoms with van der Waals surface area (Å²) in [5.41, 5.74) is 2.39. The van der Waals surface area contributed by atoms with Gasteiger partial charge in [0, 0.05) is 11.9 Å². The van der Waals surface area contributed by atoms with Crippen LogP contribution in [0.25, 0.3) is 0 Å². The number of aromatic nitrogens is 1. The highest BCUT2D eigenvalue weighted by molar-refractivity contribution is 5.52. The summed E-state index contributed by atoms with van der Waals surface area (Å²) in [4.78, 5) is 3.81. The number of benzene rings is 1. The van der Waals surface area contributed by atoms with Crippen LogP contribution in [0.5, 0.6) is 0 Å². The fourth-order valence-electron chi connectivity index (χ4n) is 1.77. The maximum absolute atomic E-state index is 13.1. The van der Waals surface area contributed by atoms with E-state index in [4.69, 9.17) is 0 Å². The summed E-state index contributed by atoms with van der Waals surface area (Å²) in [7, 11) is 0. The Morgan fingerprint density at radius 1 is 1.11 bits per heavy atom. The molecule has 0 aliphatic carbocycles. The Morgan fingerprint density at radius 3 is 2.56 bits per heavy atom. The molecule has 1 aromatic heterocycles. The Balaban J connectivity index is 2.18. The zero-order valence-corrected chi connectivity index (χ0v) is 10.2. The molecule has 0 spiro atoms. The van der Waals surface area contributed by atoms with Crippen LogP contribution < -0.4 is 5.32 Å². The number of nitrogens with zero attached hydrogens (tertiary/aromatic N) is 1. The number of rotatable bonds is 3. The molecule has 2 nitrogen and oxygen atoms in total. The fraction of sp³-hybridized carbons (Fsp3) is 0.214. The second-order valence-corrected chi connectivity index (χ2v) is 4.26. The number of halogens is 2. The summed E-state index contributed by atoms with van der Waals surface area (Å²) < 4.78 is 26.0. The minimum atomic E-state index is -0.364. The minimum Gasteiger partial charge on any atom is -0.378 e. The molecular formula is C14H14F2N2. The lowest BCUT2D eigenvalue weighted by atomic mass is 10.1. The van der Waals surface area contributed by atoms with Crippen molar-refractivity contribution in [2.45, 2.75) is 19.9 Å². The van der Waals surface area contributed by atoms with Crippen LogP contribution in [-0.4, -0.2) is 4.98 Å². The largest absolute Gasteiger partial charge is 0.378 e. The molecule has 0 aliphatic heterocycles. The minimum absolute atomic E-state index is 0.0997. The van der Waals surface area contributed by atoms with E-state index in [9.17, 15) is 8.78 Å². The van der Waals surface area contributed by atoms with Gasteiger partial charge in [-0.15, -0.1) is 0 Å². The normalized spacial score (nSPS) is 12.2. The Labute approximate surface area is 105 Å². The summed E-state index contributed by atoms with van der Waals surface area (Å²) in [5, 5.41) is 3.21. The van der Waals surface area contributed by atoms with E-state index >= 15 is 0 Å². The molecule has 4 heteroatoms. The third-order valence-corrected chi connectivity index (χ3v) is 2.79. The van der Waals surface area contributed by atoms with Gasteiger partial charge >= 0.3 is 0 Å². The van der Waals surface area contributed by atoms with Crippen LogP contribution in [0, 0.1) is 18.6 Å². The van der Waals surface area contributed by atoms with Gasteiger partial charge in [-0.3, -0.25) is 4.98 Å². The van der Waals surface area contributed by atoms with Crippen molar-refractivity contribution in [3.8, 4) is 0 Å². The van der Waals surface area contributed by atoms with Gasteiger partial charge in [0.05, 0.1) is 12.2 Å². The Morgan fingerprint density at radius 2 is 1.89 bits per heavy atom. The molecule has 2 aromatic rings. The third-order valence-electron chi connectivity index (χ3n) is 2.79. The van der Waals surface area contributed by atoms with Gasteiger partial charge in [-0.25, -0.2) is 8.78 Å². The van der Waals surface area contributed by atoms with Crippen LogP contribution in [-0.2, 0) is 0 Å². The summed E-state index contributed by atoms with van der Waals surface area (Å²) in [6.07, 6.45) is 2.78. The lowest BCUT2D eigenvalue weighted by Crippen LogP contribution is -2.08. The quantitative estimate of drug-likeness (QED) is 0.892. The van der Waals surface area contributed by atoms with Gasteiger partial charge in [-0.05, 0) is 49.2 Å². The van der Waals surface area contributed by atoms with Gasteiger partial charge in [0.25, 0.3) is 0 Å². The number of aryl methyl sites for hydroxylation is 1. The average molecular weight is 248 g/mol. The lowest BCUT2D eigenvalue weighted by molar-refractivity contribution is 0.616. The predicted molar refractivity (Wildman–Crippen MR) is 67.4 cm³/mol. The molecular weight excluding hydrogens is 234 g/mol. The molecule has 18 heavy (non-hydrogen) atoms. The van der Waals surface area contributed by atoms with Crippen molar-refractivity contribution in [3.63, 3.8) is 0 Å². The van der Waals surface area contributed by atoms with Crippen LogP contribution in [0.1, 0.15) is 24.1 Å². The van der Waals surface area contributed by atoms with Gasteiger partial charge in [0.1, 0.15) is 11.6 Å². The van der Waals surface area contributed by atoms with E-state index in [2.05, 4.69) is 10.3 Å². The number of anilines is 1. The first-order valence-electron chi connectivity index (χ1n) is 5.69. The number of nitrogens with one attached hydrogen (secondary N) is 1. The van der Waals surface area contributed by atoms with Gasteiger partial charge < -0.3 is 5.32 Å². The van der Waals surface area contributed by atoms with E-state index in [0.717, 1.165) is 16.8 Å². The van der Waals surface area contributed by atoms with Crippen molar-refractivity contribution in [3.05, 3.63) is 59.4 Å².